The van der Waals surface area contributed by atoms with Crippen molar-refractivity contribution in [2.45, 2.75) is 13.8 Å². The highest BCUT2D eigenvalue weighted by Gasteiger charge is 2.24. The van der Waals surface area contributed by atoms with Crippen molar-refractivity contribution in [1.82, 2.24) is 0 Å². The fourth-order valence-electron chi connectivity index (χ4n) is 2.18. The van der Waals surface area contributed by atoms with Crippen LogP contribution in [0, 0.1) is 5.41 Å². The lowest BCUT2D eigenvalue weighted by molar-refractivity contribution is 0.470. The Hall–Kier alpha value is -1.28. The summed E-state index contributed by atoms with van der Waals surface area (Å²) < 4.78 is 6.70. The van der Waals surface area contributed by atoms with Crippen LogP contribution in [0.2, 0.25) is 0 Å². The zero-order valence-corrected chi connectivity index (χ0v) is 11.4. The second kappa shape index (κ2) is 3.61. The van der Waals surface area contributed by atoms with Crippen LogP contribution >= 0.6 is 15.9 Å². The van der Waals surface area contributed by atoms with E-state index in [1.54, 1.807) is 0 Å². The van der Waals surface area contributed by atoms with E-state index in [2.05, 4.69) is 60.1 Å². The summed E-state index contributed by atoms with van der Waals surface area (Å²) in [6.07, 6.45) is 8.47. The Morgan fingerprint density at radius 1 is 1.24 bits per heavy atom. The van der Waals surface area contributed by atoms with Crippen molar-refractivity contribution in [3.63, 3.8) is 0 Å². The molecule has 3 rings (SSSR count). The summed E-state index contributed by atoms with van der Waals surface area (Å²) in [7, 11) is 0. The molecule has 0 atom stereocenters. The minimum Gasteiger partial charge on any atom is -0.464 e. The fourth-order valence-corrected chi connectivity index (χ4v) is 2.52. The summed E-state index contributed by atoms with van der Waals surface area (Å²) in [5.74, 6) is 0.917. The van der Waals surface area contributed by atoms with Gasteiger partial charge in [0.2, 0.25) is 0 Å². The van der Waals surface area contributed by atoms with E-state index in [0.29, 0.717) is 0 Å². The maximum absolute atomic E-state index is 5.66. The zero-order chi connectivity index (χ0) is 12.0. The van der Waals surface area contributed by atoms with E-state index in [1.165, 1.54) is 11.1 Å². The molecule has 86 valence electrons. The summed E-state index contributed by atoms with van der Waals surface area (Å²) >= 11 is 3.47. The van der Waals surface area contributed by atoms with Crippen LogP contribution in [-0.2, 0) is 0 Å². The first kappa shape index (κ1) is 10.8. The highest BCUT2D eigenvalue weighted by atomic mass is 79.9. The summed E-state index contributed by atoms with van der Waals surface area (Å²) in [6, 6.07) is 6.17. The second-order valence-corrected chi connectivity index (χ2v) is 5.96. The first-order chi connectivity index (χ1) is 8.05. The van der Waals surface area contributed by atoms with Gasteiger partial charge in [-0.15, -0.1) is 0 Å². The van der Waals surface area contributed by atoms with E-state index in [-0.39, 0.29) is 5.41 Å². The van der Waals surface area contributed by atoms with Crippen molar-refractivity contribution in [2.75, 3.05) is 0 Å². The predicted octanol–water partition coefficient (Wildman–Crippen LogP) is 4.70. The average molecular weight is 289 g/mol. The molecule has 1 aromatic rings. The van der Waals surface area contributed by atoms with Gasteiger partial charge in [-0.05, 0) is 23.8 Å². The smallest absolute Gasteiger partial charge is 0.135 e. The van der Waals surface area contributed by atoms with Gasteiger partial charge in [-0.1, -0.05) is 48.0 Å². The molecule has 1 aliphatic heterocycles. The van der Waals surface area contributed by atoms with Gasteiger partial charge in [0.25, 0.3) is 0 Å². The Kier molecular flexibility index (Phi) is 2.30. The van der Waals surface area contributed by atoms with Crippen LogP contribution in [-0.4, -0.2) is 0 Å². The molecule has 0 aromatic heterocycles. The molecule has 1 aliphatic carbocycles. The van der Waals surface area contributed by atoms with E-state index in [4.69, 9.17) is 4.74 Å². The molecule has 2 heteroatoms. The average Bonchev–Trinajstić information content (AvgIpc) is 2.27. The minimum absolute atomic E-state index is 0.106. The van der Waals surface area contributed by atoms with Crippen LogP contribution in [0.15, 0.2) is 52.7 Å². The maximum Gasteiger partial charge on any atom is 0.135 e. The Balaban J connectivity index is 2.18. The number of rotatable bonds is 0. The first-order valence-electron chi connectivity index (χ1n) is 5.64. The number of ether oxygens (including phenoxy) is 1. The lowest BCUT2D eigenvalue weighted by atomic mass is 9.80. The van der Waals surface area contributed by atoms with Crippen molar-refractivity contribution < 1.29 is 4.74 Å². The normalized spacial score (nSPS) is 19.7. The minimum atomic E-state index is 0.106. The van der Waals surface area contributed by atoms with Gasteiger partial charge in [-0.2, -0.15) is 0 Å². The van der Waals surface area contributed by atoms with Gasteiger partial charge in [-0.25, -0.2) is 0 Å². The summed E-state index contributed by atoms with van der Waals surface area (Å²) in [5, 5.41) is 0. The molecular weight excluding hydrogens is 276 g/mol. The molecule has 1 heterocycles. The predicted molar refractivity (Wildman–Crippen MR) is 73.8 cm³/mol. The molecule has 1 aromatic carbocycles. The number of allylic oxidation sites excluding steroid dienone is 5. The molecule has 0 fully saturated rings. The van der Waals surface area contributed by atoms with Crippen LogP contribution in [0.25, 0.3) is 5.57 Å². The second-order valence-electron chi connectivity index (χ2n) is 5.04. The van der Waals surface area contributed by atoms with E-state index in [9.17, 15) is 0 Å². The topological polar surface area (TPSA) is 9.23 Å². The Morgan fingerprint density at radius 2 is 2.06 bits per heavy atom. The largest absolute Gasteiger partial charge is 0.464 e. The van der Waals surface area contributed by atoms with E-state index in [1.807, 2.05) is 12.3 Å². The first-order valence-corrected chi connectivity index (χ1v) is 6.44. The van der Waals surface area contributed by atoms with Crippen molar-refractivity contribution >= 4 is 21.5 Å². The van der Waals surface area contributed by atoms with Crippen LogP contribution < -0.4 is 4.74 Å². The van der Waals surface area contributed by atoms with E-state index < -0.39 is 0 Å². The third kappa shape index (κ3) is 1.87. The van der Waals surface area contributed by atoms with Gasteiger partial charge in [-0.3, -0.25) is 0 Å². The van der Waals surface area contributed by atoms with Crippen molar-refractivity contribution in [2.24, 2.45) is 5.41 Å². The van der Waals surface area contributed by atoms with Gasteiger partial charge in [0, 0.05) is 21.0 Å². The third-order valence-corrected chi connectivity index (χ3v) is 3.56. The van der Waals surface area contributed by atoms with E-state index in [0.717, 1.165) is 15.8 Å². The molecule has 2 aliphatic rings. The van der Waals surface area contributed by atoms with Gasteiger partial charge >= 0.3 is 0 Å². The van der Waals surface area contributed by atoms with Gasteiger partial charge in [0.15, 0.2) is 0 Å². The Morgan fingerprint density at radius 3 is 2.88 bits per heavy atom. The third-order valence-electron chi connectivity index (χ3n) is 3.07. The molecule has 0 bridgehead atoms. The number of fused-ring (bicyclic) bond motifs is 3. The van der Waals surface area contributed by atoms with Gasteiger partial charge in [0.1, 0.15) is 5.75 Å². The number of hydrogen-bond donors (Lipinski definition) is 0. The van der Waals surface area contributed by atoms with Crippen LogP contribution in [0.3, 0.4) is 0 Å². The monoisotopic (exact) mass is 288 g/mol. The SMILES string of the molecule is CC1(C)C=CC2=COc3cc(Br)ccc3C2=C1. The molecule has 0 N–H and O–H groups in total. The fraction of sp³-hybridized carbons (Fsp3) is 0.200. The molecule has 0 saturated heterocycles. The molecular formula is C15H13BrO. The molecule has 1 nitrogen and oxygen atoms in total. The summed E-state index contributed by atoms with van der Waals surface area (Å²) in [6.45, 7) is 4.42. The molecule has 0 radical (unpaired) electrons. The zero-order valence-electron chi connectivity index (χ0n) is 9.83. The van der Waals surface area contributed by atoms with Crippen molar-refractivity contribution in [3.05, 3.63) is 58.3 Å². The molecule has 0 saturated carbocycles. The quantitative estimate of drug-likeness (QED) is 0.672. The maximum atomic E-state index is 5.66. The van der Waals surface area contributed by atoms with Gasteiger partial charge in [0.05, 0.1) is 6.26 Å². The lowest BCUT2D eigenvalue weighted by Crippen LogP contribution is -2.12. The molecule has 0 spiro atoms. The Labute approximate surface area is 110 Å². The van der Waals surface area contributed by atoms with Gasteiger partial charge < -0.3 is 4.74 Å². The van der Waals surface area contributed by atoms with Crippen molar-refractivity contribution in [1.29, 1.82) is 0 Å². The van der Waals surface area contributed by atoms with Crippen LogP contribution in [0.4, 0.5) is 0 Å². The van der Waals surface area contributed by atoms with Crippen LogP contribution in [0.5, 0.6) is 5.75 Å². The highest BCUT2D eigenvalue weighted by molar-refractivity contribution is 9.10. The molecule has 0 amide bonds. The number of benzene rings is 1. The standard InChI is InChI=1S/C15H13BrO/c1-15(2)6-5-10-9-17-14-7-11(16)3-4-12(14)13(10)8-15/h3-9H,1-2H3. The van der Waals surface area contributed by atoms with Crippen LogP contribution in [0.1, 0.15) is 19.4 Å². The Bertz CT molecular complexity index is 577. The summed E-state index contributed by atoms with van der Waals surface area (Å²) in [4.78, 5) is 0. The number of halogens is 1. The highest BCUT2D eigenvalue weighted by Crippen LogP contribution is 2.42. The molecule has 0 unspecified atom stereocenters. The number of hydrogen-bond acceptors (Lipinski definition) is 1. The van der Waals surface area contributed by atoms with E-state index >= 15 is 0 Å². The van der Waals surface area contributed by atoms with Crippen molar-refractivity contribution in [3.8, 4) is 5.75 Å². The lowest BCUT2D eigenvalue weighted by Gasteiger charge is -2.27. The molecule has 17 heavy (non-hydrogen) atoms. The summed E-state index contributed by atoms with van der Waals surface area (Å²) in [5.41, 5.74) is 3.70.